The largest absolute Gasteiger partial charge is 0.422 e. The standard InChI is InChI=1S/C16H21F3N3O2.C3H8/c1-24-22-9-12(16(17,18)19)6-11-8-21(5-4-14(11)22)15(23)10-2-3-13(20)7-10;1-3-2/h6,9-10,13H,2-5,7-8,20H2,1H3;3H2,1-2H3/q+1;. The molecule has 0 radical (unpaired) electrons. The summed E-state index contributed by atoms with van der Waals surface area (Å²) in [6.45, 7) is 4.90. The van der Waals surface area contributed by atoms with Gasteiger partial charge in [0, 0.05) is 28.8 Å². The van der Waals surface area contributed by atoms with Gasteiger partial charge in [-0.2, -0.15) is 13.2 Å². The van der Waals surface area contributed by atoms with E-state index in [4.69, 9.17) is 10.6 Å². The van der Waals surface area contributed by atoms with Crippen LogP contribution in [-0.4, -0.2) is 30.5 Å². The van der Waals surface area contributed by atoms with E-state index in [1.165, 1.54) is 13.5 Å². The zero-order valence-corrected chi connectivity index (χ0v) is 16.2. The number of fused-ring (bicyclic) bond motifs is 1. The van der Waals surface area contributed by atoms with E-state index in [0.29, 0.717) is 30.6 Å². The molecule has 1 aromatic heterocycles. The van der Waals surface area contributed by atoms with Gasteiger partial charge in [-0.1, -0.05) is 20.3 Å². The lowest BCUT2D eigenvalue weighted by Gasteiger charge is -2.29. The molecule has 1 aliphatic heterocycles. The number of aromatic nitrogens is 1. The average Bonchev–Trinajstić information content (AvgIpc) is 3.05. The summed E-state index contributed by atoms with van der Waals surface area (Å²) in [4.78, 5) is 19.3. The van der Waals surface area contributed by atoms with Gasteiger partial charge < -0.3 is 10.6 Å². The van der Waals surface area contributed by atoms with Crippen molar-refractivity contribution in [2.24, 2.45) is 11.7 Å². The van der Waals surface area contributed by atoms with Crippen LogP contribution in [0.3, 0.4) is 0 Å². The van der Waals surface area contributed by atoms with Crippen LogP contribution in [0.25, 0.3) is 0 Å². The summed E-state index contributed by atoms with van der Waals surface area (Å²) in [6.07, 6.45) is 0.438. The van der Waals surface area contributed by atoms with Crippen molar-refractivity contribution in [3.05, 3.63) is 29.1 Å². The molecule has 0 bridgehead atoms. The van der Waals surface area contributed by atoms with Gasteiger partial charge in [-0.3, -0.25) is 9.63 Å². The summed E-state index contributed by atoms with van der Waals surface area (Å²) in [5.41, 5.74) is 6.24. The molecule has 2 N–H and O–H groups in total. The minimum absolute atomic E-state index is 0.00465. The van der Waals surface area contributed by atoms with Crippen LogP contribution in [0.2, 0.25) is 0 Å². The molecule has 1 saturated carbocycles. The maximum Gasteiger partial charge on any atom is 0.422 e. The summed E-state index contributed by atoms with van der Waals surface area (Å²) in [7, 11) is 1.33. The fraction of sp³-hybridized carbons (Fsp3) is 0.684. The van der Waals surface area contributed by atoms with Crippen molar-refractivity contribution in [2.75, 3.05) is 13.7 Å². The third-order valence-corrected chi connectivity index (χ3v) is 4.86. The Hall–Kier alpha value is -1.83. The number of pyridine rings is 1. The normalized spacial score (nSPS) is 22.0. The minimum atomic E-state index is -4.46. The molecule has 2 atom stereocenters. The number of hydrogen-bond acceptors (Lipinski definition) is 3. The molecule has 2 aliphatic rings. The number of hydrogen-bond donors (Lipinski definition) is 1. The van der Waals surface area contributed by atoms with Crippen LogP contribution in [0, 0.1) is 5.92 Å². The van der Waals surface area contributed by atoms with E-state index in [1.807, 2.05) is 0 Å². The fourth-order valence-electron chi connectivity index (χ4n) is 3.59. The van der Waals surface area contributed by atoms with Crippen molar-refractivity contribution in [1.82, 2.24) is 4.90 Å². The minimum Gasteiger partial charge on any atom is -0.337 e. The quantitative estimate of drug-likeness (QED) is 0.792. The van der Waals surface area contributed by atoms with Gasteiger partial charge in [0.15, 0.2) is 0 Å². The van der Waals surface area contributed by atoms with Crippen molar-refractivity contribution in [3.8, 4) is 0 Å². The average molecular weight is 388 g/mol. The molecule has 1 aromatic rings. The van der Waals surface area contributed by atoms with E-state index in [2.05, 4.69) is 13.8 Å². The van der Waals surface area contributed by atoms with Gasteiger partial charge in [0.2, 0.25) is 17.8 Å². The Balaban J connectivity index is 0.000000817. The molecule has 2 unspecified atom stereocenters. The van der Waals surface area contributed by atoms with E-state index in [-0.39, 0.29) is 24.4 Å². The maximum atomic E-state index is 13.1. The summed E-state index contributed by atoms with van der Waals surface area (Å²) < 4.78 is 40.3. The second-order valence-electron chi connectivity index (χ2n) is 7.19. The van der Waals surface area contributed by atoms with Crippen LogP contribution < -0.4 is 15.3 Å². The maximum absolute atomic E-state index is 13.1. The Kier molecular flexibility index (Phi) is 7.08. The zero-order chi connectivity index (χ0) is 20.2. The van der Waals surface area contributed by atoms with E-state index in [9.17, 15) is 18.0 Å². The molecule has 1 amide bonds. The molecule has 2 heterocycles. The Bertz CT molecular complexity index is 664. The molecule has 0 aromatic carbocycles. The summed E-state index contributed by atoms with van der Waals surface area (Å²) >= 11 is 0. The molecule has 0 spiro atoms. The first-order chi connectivity index (χ1) is 12.7. The number of carbonyl (C=O) groups is 1. The molecular formula is C19H29F3N3O2+. The molecule has 1 aliphatic carbocycles. The first-order valence-corrected chi connectivity index (χ1v) is 9.44. The van der Waals surface area contributed by atoms with Crippen LogP contribution in [-0.2, 0) is 23.9 Å². The van der Waals surface area contributed by atoms with Gasteiger partial charge in [0.1, 0.15) is 12.7 Å². The van der Waals surface area contributed by atoms with Crippen molar-refractivity contribution >= 4 is 5.91 Å². The molecule has 27 heavy (non-hydrogen) atoms. The molecule has 3 rings (SSSR count). The second-order valence-corrected chi connectivity index (χ2v) is 7.19. The van der Waals surface area contributed by atoms with Gasteiger partial charge in [-0.05, 0) is 25.3 Å². The number of nitrogens with zero attached hydrogens (tertiary/aromatic N) is 2. The number of carbonyl (C=O) groups excluding carboxylic acids is 1. The highest BCUT2D eigenvalue weighted by atomic mass is 19.4. The highest BCUT2D eigenvalue weighted by molar-refractivity contribution is 5.79. The molecule has 152 valence electrons. The summed E-state index contributed by atoms with van der Waals surface area (Å²) in [5, 5.41) is 0. The van der Waals surface area contributed by atoms with Gasteiger partial charge in [-0.25, -0.2) is 0 Å². The monoisotopic (exact) mass is 388 g/mol. The summed E-state index contributed by atoms with van der Waals surface area (Å²) in [6, 6.07) is 1.16. The number of alkyl halides is 3. The smallest absolute Gasteiger partial charge is 0.337 e. The number of halogens is 3. The van der Waals surface area contributed by atoms with Crippen LogP contribution in [0.15, 0.2) is 12.3 Å². The van der Waals surface area contributed by atoms with Gasteiger partial charge in [-0.15, -0.1) is 0 Å². The number of rotatable bonds is 2. The van der Waals surface area contributed by atoms with Crippen LogP contribution in [0.4, 0.5) is 13.2 Å². The lowest BCUT2D eigenvalue weighted by molar-refractivity contribution is -0.891. The van der Waals surface area contributed by atoms with E-state index in [1.54, 1.807) is 4.90 Å². The SMILES string of the molecule is CCC.CO[n+]1cc(C(F)(F)F)cc2c1CCN(C(=O)C1CCC(N)C1)C2. The third kappa shape index (κ3) is 5.12. The van der Waals surface area contributed by atoms with Crippen LogP contribution >= 0.6 is 0 Å². The molecule has 1 fully saturated rings. The predicted octanol–water partition coefficient (Wildman–Crippen LogP) is 2.48. The Labute approximate surface area is 158 Å². The third-order valence-electron chi connectivity index (χ3n) is 4.86. The van der Waals surface area contributed by atoms with Gasteiger partial charge in [0.05, 0.1) is 13.0 Å². The predicted molar refractivity (Wildman–Crippen MR) is 94.5 cm³/mol. The highest BCUT2D eigenvalue weighted by Crippen LogP contribution is 2.32. The Morgan fingerprint density at radius 3 is 2.56 bits per heavy atom. The molecule has 0 saturated heterocycles. The molecular weight excluding hydrogens is 359 g/mol. The molecule has 5 nitrogen and oxygen atoms in total. The van der Waals surface area contributed by atoms with Crippen molar-refractivity contribution in [3.63, 3.8) is 0 Å². The zero-order valence-electron chi connectivity index (χ0n) is 16.2. The highest BCUT2D eigenvalue weighted by Gasteiger charge is 2.39. The van der Waals surface area contributed by atoms with Gasteiger partial charge >= 0.3 is 6.18 Å². The first-order valence-electron chi connectivity index (χ1n) is 9.44. The Morgan fingerprint density at radius 1 is 1.37 bits per heavy atom. The first kappa shape index (κ1) is 21.5. The van der Waals surface area contributed by atoms with Crippen molar-refractivity contribution < 1.29 is 27.5 Å². The lowest BCUT2D eigenvalue weighted by atomic mass is 10.00. The van der Waals surface area contributed by atoms with Crippen LogP contribution in [0.1, 0.15) is 56.4 Å². The Morgan fingerprint density at radius 2 is 2.04 bits per heavy atom. The molecule has 8 heteroatoms. The van der Waals surface area contributed by atoms with Crippen molar-refractivity contribution in [1.29, 1.82) is 0 Å². The van der Waals surface area contributed by atoms with E-state index < -0.39 is 11.7 Å². The topological polar surface area (TPSA) is 59.4 Å². The van der Waals surface area contributed by atoms with Crippen molar-refractivity contribution in [2.45, 2.75) is 64.7 Å². The number of amides is 1. The second kappa shape index (κ2) is 8.91. The van der Waals surface area contributed by atoms with Crippen LogP contribution in [0.5, 0.6) is 0 Å². The number of nitrogens with two attached hydrogens (primary N) is 1. The van der Waals surface area contributed by atoms with Gasteiger partial charge in [0.25, 0.3) is 0 Å². The fourth-order valence-corrected chi connectivity index (χ4v) is 3.59. The lowest BCUT2D eigenvalue weighted by Crippen LogP contribution is -2.50. The summed E-state index contributed by atoms with van der Waals surface area (Å²) in [5.74, 6) is -0.114. The van der Waals surface area contributed by atoms with E-state index in [0.717, 1.165) is 29.8 Å². The van der Waals surface area contributed by atoms with E-state index >= 15 is 0 Å².